The zero-order valence-corrected chi connectivity index (χ0v) is 19.3. The van der Waals surface area contributed by atoms with Crippen molar-refractivity contribution in [3.63, 3.8) is 0 Å². The van der Waals surface area contributed by atoms with Gasteiger partial charge >= 0.3 is 0 Å². The number of hydrogen-bond donors (Lipinski definition) is 1. The summed E-state index contributed by atoms with van der Waals surface area (Å²) in [6, 6.07) is 21.4. The molecule has 0 bridgehead atoms. The number of benzene rings is 3. The highest BCUT2D eigenvalue weighted by Crippen LogP contribution is 2.30. The highest BCUT2D eigenvalue weighted by atomic mass is 35.5. The minimum Gasteiger partial charge on any atom is -0.490 e. The van der Waals surface area contributed by atoms with Gasteiger partial charge in [-0.15, -0.1) is 0 Å². The van der Waals surface area contributed by atoms with Crippen molar-refractivity contribution in [1.82, 2.24) is 5.43 Å². The molecular formula is C25H21Cl2N3O3. The van der Waals surface area contributed by atoms with Crippen molar-refractivity contribution in [1.29, 1.82) is 5.26 Å². The molecule has 0 saturated carbocycles. The Morgan fingerprint density at radius 2 is 1.85 bits per heavy atom. The average Bonchev–Trinajstić information content (AvgIpc) is 2.82. The number of nitriles is 1. The lowest BCUT2D eigenvalue weighted by molar-refractivity contribution is -0.121. The summed E-state index contributed by atoms with van der Waals surface area (Å²) < 4.78 is 11.6. The normalized spacial score (nSPS) is 11.6. The summed E-state index contributed by atoms with van der Waals surface area (Å²) in [6.45, 7) is 2.60. The summed E-state index contributed by atoms with van der Waals surface area (Å²) in [5.74, 6) is -0.365. The lowest BCUT2D eigenvalue weighted by Gasteiger charge is -2.13. The lowest BCUT2D eigenvalue weighted by Crippen LogP contribution is -2.24. The predicted molar refractivity (Wildman–Crippen MR) is 129 cm³/mol. The Morgan fingerprint density at radius 1 is 1.06 bits per heavy atom. The van der Waals surface area contributed by atoms with Gasteiger partial charge in [-0.05, 0) is 53.9 Å². The molecule has 6 nitrogen and oxygen atoms in total. The molecule has 1 N–H and O–H groups in total. The van der Waals surface area contributed by atoms with Crippen LogP contribution in [0.1, 0.15) is 29.5 Å². The Labute approximate surface area is 202 Å². The van der Waals surface area contributed by atoms with Gasteiger partial charge in [-0.3, -0.25) is 4.79 Å². The molecule has 0 aliphatic rings. The molecule has 3 aromatic rings. The van der Waals surface area contributed by atoms with Crippen LogP contribution in [0.25, 0.3) is 0 Å². The fourth-order valence-electron chi connectivity index (χ4n) is 2.95. The van der Waals surface area contributed by atoms with E-state index in [0.29, 0.717) is 39.3 Å². The van der Waals surface area contributed by atoms with E-state index in [4.69, 9.17) is 32.7 Å². The first-order valence-corrected chi connectivity index (χ1v) is 10.9. The Balaban J connectivity index is 1.66. The summed E-state index contributed by atoms with van der Waals surface area (Å²) in [4.78, 5) is 12.3. The number of hydrogen-bond acceptors (Lipinski definition) is 5. The van der Waals surface area contributed by atoms with Gasteiger partial charge in [0.15, 0.2) is 17.4 Å². The number of rotatable bonds is 9. The molecule has 0 fully saturated rings. The number of carbonyl (C=O) groups excluding carboxylic acids is 1. The molecule has 0 aromatic heterocycles. The quantitative estimate of drug-likeness (QED) is 0.312. The summed E-state index contributed by atoms with van der Waals surface area (Å²) >= 11 is 12.0. The van der Waals surface area contributed by atoms with Crippen LogP contribution in [0.4, 0.5) is 0 Å². The van der Waals surface area contributed by atoms with E-state index in [1.54, 1.807) is 54.6 Å². The maximum Gasteiger partial charge on any atom is 0.261 e. The second kappa shape index (κ2) is 11.9. The molecule has 3 aromatic carbocycles. The van der Waals surface area contributed by atoms with Gasteiger partial charge in [0, 0.05) is 0 Å². The first-order chi connectivity index (χ1) is 16.0. The third-order valence-corrected chi connectivity index (χ3v) is 5.30. The fourth-order valence-corrected chi connectivity index (χ4v) is 3.27. The van der Waals surface area contributed by atoms with Crippen molar-refractivity contribution in [2.45, 2.75) is 19.4 Å². The summed E-state index contributed by atoms with van der Waals surface area (Å²) in [7, 11) is 0. The van der Waals surface area contributed by atoms with Gasteiger partial charge in [0.05, 0.1) is 28.9 Å². The number of halogens is 2. The number of nitrogens with zero attached hydrogens (tertiary/aromatic N) is 2. The zero-order chi connectivity index (χ0) is 23.6. The molecule has 8 heteroatoms. The maximum absolute atomic E-state index is 12.3. The fraction of sp³-hybridized carbons (Fsp3) is 0.160. The third-order valence-electron chi connectivity index (χ3n) is 4.56. The Hall–Kier alpha value is -3.53. The monoisotopic (exact) mass is 481 g/mol. The van der Waals surface area contributed by atoms with Crippen molar-refractivity contribution < 1.29 is 14.3 Å². The van der Waals surface area contributed by atoms with Crippen molar-refractivity contribution in [2.75, 3.05) is 6.61 Å². The molecule has 1 atom stereocenters. The van der Waals surface area contributed by atoms with E-state index in [-0.39, 0.29) is 6.61 Å². The topological polar surface area (TPSA) is 83.7 Å². The molecule has 33 heavy (non-hydrogen) atoms. The molecule has 0 aliphatic heterocycles. The number of ether oxygens (including phenoxy) is 2. The van der Waals surface area contributed by atoms with Crippen LogP contribution in [0.5, 0.6) is 11.5 Å². The third kappa shape index (κ3) is 6.72. The van der Waals surface area contributed by atoms with Crippen LogP contribution in [-0.4, -0.2) is 18.7 Å². The van der Waals surface area contributed by atoms with Crippen LogP contribution in [-0.2, 0) is 11.4 Å². The molecule has 1 amide bonds. The number of nitrogens with one attached hydrogen (secondary N) is 1. The van der Waals surface area contributed by atoms with Gasteiger partial charge in [-0.1, -0.05) is 59.6 Å². The highest BCUT2D eigenvalue weighted by molar-refractivity contribution is 6.42. The van der Waals surface area contributed by atoms with Crippen LogP contribution >= 0.6 is 23.2 Å². The lowest BCUT2D eigenvalue weighted by atomic mass is 10.0. The van der Waals surface area contributed by atoms with Gasteiger partial charge < -0.3 is 9.47 Å². The Morgan fingerprint density at radius 3 is 2.55 bits per heavy atom. The maximum atomic E-state index is 12.3. The second-order valence-corrected chi connectivity index (χ2v) is 7.70. The predicted octanol–water partition coefficient (Wildman–Crippen LogP) is 5.73. The first-order valence-electron chi connectivity index (χ1n) is 10.1. The van der Waals surface area contributed by atoms with Gasteiger partial charge in [-0.25, -0.2) is 5.43 Å². The highest BCUT2D eigenvalue weighted by Gasteiger charge is 2.19. The molecule has 0 unspecified atom stereocenters. The minimum absolute atomic E-state index is 0.287. The number of carbonyl (C=O) groups is 1. The largest absolute Gasteiger partial charge is 0.490 e. The van der Waals surface area contributed by atoms with E-state index in [2.05, 4.69) is 10.5 Å². The smallest absolute Gasteiger partial charge is 0.261 e. The molecule has 0 saturated heterocycles. The zero-order valence-electron chi connectivity index (χ0n) is 17.8. The van der Waals surface area contributed by atoms with E-state index >= 15 is 0 Å². The molecule has 168 valence electrons. The van der Waals surface area contributed by atoms with Crippen molar-refractivity contribution in [3.8, 4) is 17.6 Å². The number of hydrazone groups is 1. The van der Waals surface area contributed by atoms with Gasteiger partial charge in [0.2, 0.25) is 0 Å². The second-order valence-electron chi connectivity index (χ2n) is 6.88. The van der Waals surface area contributed by atoms with Crippen LogP contribution in [0, 0.1) is 11.3 Å². The Kier molecular flexibility index (Phi) is 8.71. The first kappa shape index (κ1) is 24.1. The summed E-state index contributed by atoms with van der Waals surface area (Å²) in [5, 5.41) is 14.3. The SMILES string of the molecule is CCOc1cc(/C=N\NC(=O)[C@@H](C#N)c2ccccc2)ccc1OCc1ccc(Cl)c(Cl)c1. The van der Waals surface area contributed by atoms with E-state index in [1.165, 1.54) is 6.21 Å². The van der Waals surface area contributed by atoms with Crippen molar-refractivity contribution in [2.24, 2.45) is 5.10 Å². The molecule has 0 aliphatic carbocycles. The van der Waals surface area contributed by atoms with Crippen LogP contribution in [0.2, 0.25) is 10.0 Å². The molecule has 3 rings (SSSR count). The van der Waals surface area contributed by atoms with E-state index in [0.717, 1.165) is 5.56 Å². The standard InChI is InChI=1S/C25H21Cl2N3O3/c1-2-32-24-13-17(9-11-23(24)33-16-18-8-10-21(26)22(27)12-18)15-29-30-25(31)20(14-28)19-6-4-3-5-7-19/h3-13,15,20H,2,16H2,1H3,(H,30,31)/b29-15-/t20-/m0/s1. The van der Waals surface area contributed by atoms with Crippen molar-refractivity contribution in [3.05, 3.63) is 93.5 Å². The Bertz CT molecular complexity index is 1180. The van der Waals surface area contributed by atoms with Gasteiger partial charge in [0.1, 0.15) is 6.61 Å². The van der Waals surface area contributed by atoms with Crippen molar-refractivity contribution >= 4 is 35.3 Å². The van der Waals surface area contributed by atoms with Gasteiger partial charge in [-0.2, -0.15) is 10.4 Å². The average molecular weight is 482 g/mol. The minimum atomic E-state index is -0.945. The summed E-state index contributed by atoms with van der Waals surface area (Å²) in [5.41, 5.74) is 4.58. The molecule has 0 spiro atoms. The van der Waals surface area contributed by atoms with E-state index in [1.807, 2.05) is 25.1 Å². The van der Waals surface area contributed by atoms with Crippen LogP contribution in [0.15, 0.2) is 71.8 Å². The van der Waals surface area contributed by atoms with Crippen LogP contribution in [0.3, 0.4) is 0 Å². The van der Waals surface area contributed by atoms with E-state index < -0.39 is 11.8 Å². The summed E-state index contributed by atoms with van der Waals surface area (Å²) in [6.07, 6.45) is 1.47. The van der Waals surface area contributed by atoms with Gasteiger partial charge in [0.25, 0.3) is 5.91 Å². The molecular weight excluding hydrogens is 461 g/mol. The number of amides is 1. The van der Waals surface area contributed by atoms with Crippen LogP contribution < -0.4 is 14.9 Å². The molecule has 0 radical (unpaired) electrons. The molecule has 0 heterocycles. The van der Waals surface area contributed by atoms with E-state index in [9.17, 15) is 10.1 Å².